The van der Waals surface area contributed by atoms with Gasteiger partial charge in [-0.15, -0.1) is 11.8 Å². The highest BCUT2D eigenvalue weighted by Crippen LogP contribution is 2.46. The summed E-state index contributed by atoms with van der Waals surface area (Å²) >= 11 is 5.34. The minimum absolute atomic E-state index is 0.127. The predicted molar refractivity (Wildman–Crippen MR) is 85.2 cm³/mol. The van der Waals surface area contributed by atoms with Crippen LogP contribution in [0.3, 0.4) is 0 Å². The van der Waals surface area contributed by atoms with Crippen LogP contribution in [0.1, 0.15) is 43.2 Å². The van der Waals surface area contributed by atoms with Gasteiger partial charge in [0.05, 0.1) is 16.4 Å². The van der Waals surface area contributed by atoms with Crippen molar-refractivity contribution in [3.05, 3.63) is 46.2 Å². The number of aliphatic hydroxyl groups is 1. The lowest BCUT2D eigenvalue weighted by Crippen LogP contribution is -2.17. The highest BCUT2D eigenvalue weighted by atomic mass is 79.9. The molecule has 2 aromatic rings. The van der Waals surface area contributed by atoms with Gasteiger partial charge in [0.2, 0.25) is 0 Å². The summed E-state index contributed by atoms with van der Waals surface area (Å²) in [7, 11) is 0. The Balaban J connectivity index is 1.99. The first-order valence-corrected chi connectivity index (χ1v) is 8.50. The topological polar surface area (TPSA) is 38.0 Å². The van der Waals surface area contributed by atoms with Crippen LogP contribution in [0.5, 0.6) is 0 Å². The smallest absolute Gasteiger partial charge is 0.104 e. The molecule has 0 radical (unpaired) electrons. The molecule has 0 saturated carbocycles. The number of hydrogen-bond acceptors (Lipinski definition) is 3. The second kappa shape index (κ2) is 5.54. The Morgan fingerprint density at radius 2 is 2.15 bits per heavy atom. The van der Waals surface area contributed by atoms with E-state index in [1.807, 2.05) is 22.5 Å². The zero-order valence-corrected chi connectivity index (χ0v) is 13.9. The summed E-state index contributed by atoms with van der Waals surface area (Å²) in [5.41, 5.74) is 2.12. The average Bonchev–Trinajstić information content (AvgIpc) is 3.01. The lowest BCUT2D eigenvalue weighted by atomic mass is 9.93. The number of thioether (sulfide) groups is 1. The lowest BCUT2D eigenvalue weighted by Gasteiger charge is -2.22. The maximum Gasteiger partial charge on any atom is 0.104 e. The third kappa shape index (κ3) is 2.32. The van der Waals surface area contributed by atoms with Crippen LogP contribution in [0.15, 0.2) is 39.8 Å². The van der Waals surface area contributed by atoms with Gasteiger partial charge in [-0.3, -0.25) is 4.68 Å². The maximum atomic E-state index is 10.9. The standard InChI is InChI=1S/C15H17BrN2OS/c1-9(2)18-14(12(16)7-17-18)15(19)11-8-20-13-6-4-3-5-10(11)13/h3-7,9,11,15,19H,8H2,1-2H3. The fourth-order valence-corrected chi connectivity index (χ4v) is 4.47. The number of fused-ring (bicyclic) bond motifs is 1. The number of hydrogen-bond donors (Lipinski definition) is 1. The number of benzene rings is 1. The summed E-state index contributed by atoms with van der Waals surface area (Å²) < 4.78 is 2.79. The molecule has 2 atom stereocenters. The molecule has 1 N–H and O–H groups in total. The molecule has 0 amide bonds. The normalized spacial score (nSPS) is 19.4. The lowest BCUT2D eigenvalue weighted by molar-refractivity contribution is 0.140. The Morgan fingerprint density at radius 3 is 2.90 bits per heavy atom. The van der Waals surface area contributed by atoms with E-state index in [4.69, 9.17) is 0 Å². The summed E-state index contributed by atoms with van der Waals surface area (Å²) in [5.74, 6) is 1.04. The molecule has 1 aromatic carbocycles. The van der Waals surface area contributed by atoms with Gasteiger partial charge in [0.15, 0.2) is 0 Å². The van der Waals surface area contributed by atoms with E-state index < -0.39 is 6.10 Å². The van der Waals surface area contributed by atoms with E-state index in [2.05, 4.69) is 53.1 Å². The molecule has 0 aliphatic carbocycles. The summed E-state index contributed by atoms with van der Waals surface area (Å²) in [5, 5.41) is 15.2. The molecule has 2 unspecified atom stereocenters. The molecule has 1 aliphatic heterocycles. The molecule has 0 spiro atoms. The summed E-state index contributed by atoms with van der Waals surface area (Å²) in [6.45, 7) is 4.15. The van der Waals surface area contributed by atoms with Crippen molar-refractivity contribution in [3.8, 4) is 0 Å². The number of aromatic nitrogens is 2. The molecular weight excluding hydrogens is 336 g/mol. The molecule has 1 aromatic heterocycles. The van der Waals surface area contributed by atoms with E-state index in [0.717, 1.165) is 15.9 Å². The van der Waals surface area contributed by atoms with Crippen molar-refractivity contribution in [1.29, 1.82) is 0 Å². The SMILES string of the molecule is CC(C)n1ncc(Br)c1C(O)C1CSc2ccccc21. The largest absolute Gasteiger partial charge is 0.386 e. The van der Waals surface area contributed by atoms with E-state index in [1.54, 1.807) is 6.20 Å². The van der Waals surface area contributed by atoms with Crippen molar-refractivity contribution >= 4 is 27.7 Å². The van der Waals surface area contributed by atoms with Crippen LogP contribution in [-0.2, 0) is 0 Å². The fourth-order valence-electron chi connectivity index (χ4n) is 2.68. The molecule has 0 saturated heterocycles. The van der Waals surface area contributed by atoms with Gasteiger partial charge < -0.3 is 5.11 Å². The summed E-state index contributed by atoms with van der Waals surface area (Å²) in [4.78, 5) is 1.28. The molecular formula is C15H17BrN2OS. The number of rotatable bonds is 3. The Morgan fingerprint density at radius 1 is 1.40 bits per heavy atom. The summed E-state index contributed by atoms with van der Waals surface area (Å²) in [6, 6.07) is 8.57. The van der Waals surface area contributed by atoms with Gasteiger partial charge in [0, 0.05) is 22.6 Å². The van der Waals surface area contributed by atoms with Crippen molar-refractivity contribution in [2.24, 2.45) is 0 Å². The first-order valence-electron chi connectivity index (χ1n) is 6.72. The minimum Gasteiger partial charge on any atom is -0.386 e. The monoisotopic (exact) mass is 352 g/mol. The van der Waals surface area contributed by atoms with Gasteiger partial charge in [-0.1, -0.05) is 18.2 Å². The van der Waals surface area contributed by atoms with Crippen molar-refractivity contribution in [3.63, 3.8) is 0 Å². The van der Waals surface area contributed by atoms with Crippen LogP contribution >= 0.6 is 27.7 Å². The number of nitrogens with zero attached hydrogens (tertiary/aromatic N) is 2. The minimum atomic E-state index is -0.537. The second-order valence-corrected chi connectivity index (χ2v) is 7.23. The average molecular weight is 353 g/mol. The molecule has 106 valence electrons. The van der Waals surface area contributed by atoms with Gasteiger partial charge in [0.1, 0.15) is 6.10 Å². The van der Waals surface area contributed by atoms with E-state index in [-0.39, 0.29) is 12.0 Å². The molecule has 5 heteroatoms. The molecule has 0 fully saturated rings. The fraction of sp³-hybridized carbons (Fsp3) is 0.400. The number of aliphatic hydroxyl groups excluding tert-OH is 1. The molecule has 3 rings (SSSR count). The Bertz CT molecular complexity index is 626. The van der Waals surface area contributed by atoms with Crippen molar-refractivity contribution in [2.75, 3.05) is 5.75 Å². The van der Waals surface area contributed by atoms with Crippen LogP contribution in [0.25, 0.3) is 0 Å². The van der Waals surface area contributed by atoms with Crippen LogP contribution in [0.2, 0.25) is 0 Å². The third-order valence-corrected chi connectivity index (χ3v) is 5.49. The van der Waals surface area contributed by atoms with Crippen molar-refractivity contribution in [2.45, 2.75) is 36.8 Å². The zero-order chi connectivity index (χ0) is 14.3. The van der Waals surface area contributed by atoms with Crippen molar-refractivity contribution < 1.29 is 5.11 Å². The Kier molecular flexibility index (Phi) is 3.93. The van der Waals surface area contributed by atoms with E-state index in [0.29, 0.717) is 0 Å². The maximum absolute atomic E-state index is 10.9. The van der Waals surface area contributed by atoms with Gasteiger partial charge in [-0.05, 0) is 41.4 Å². The first-order chi connectivity index (χ1) is 9.59. The van der Waals surface area contributed by atoms with Crippen molar-refractivity contribution in [1.82, 2.24) is 9.78 Å². The van der Waals surface area contributed by atoms with E-state index in [1.165, 1.54) is 10.5 Å². The second-order valence-electron chi connectivity index (χ2n) is 5.32. The van der Waals surface area contributed by atoms with Gasteiger partial charge in [-0.25, -0.2) is 0 Å². The van der Waals surface area contributed by atoms with Crippen LogP contribution < -0.4 is 0 Å². The molecule has 1 aliphatic rings. The summed E-state index contributed by atoms with van der Waals surface area (Å²) in [6.07, 6.45) is 1.23. The van der Waals surface area contributed by atoms with Crippen LogP contribution in [0.4, 0.5) is 0 Å². The predicted octanol–water partition coefficient (Wildman–Crippen LogP) is 4.15. The highest BCUT2D eigenvalue weighted by molar-refractivity contribution is 9.10. The first kappa shape index (κ1) is 14.2. The zero-order valence-electron chi connectivity index (χ0n) is 11.5. The van der Waals surface area contributed by atoms with Crippen LogP contribution in [-0.4, -0.2) is 20.6 Å². The van der Waals surface area contributed by atoms with Crippen LogP contribution in [0, 0.1) is 0 Å². The highest BCUT2D eigenvalue weighted by Gasteiger charge is 2.33. The van der Waals surface area contributed by atoms with E-state index in [9.17, 15) is 5.11 Å². The van der Waals surface area contributed by atoms with E-state index >= 15 is 0 Å². The van der Waals surface area contributed by atoms with Gasteiger partial charge in [0.25, 0.3) is 0 Å². The van der Waals surface area contributed by atoms with Gasteiger partial charge >= 0.3 is 0 Å². The third-order valence-electron chi connectivity index (χ3n) is 3.67. The Hall–Kier alpha value is -0.780. The Labute approximate surface area is 131 Å². The molecule has 2 heterocycles. The molecule has 0 bridgehead atoms. The molecule has 20 heavy (non-hydrogen) atoms. The number of halogens is 1. The quantitative estimate of drug-likeness (QED) is 0.901. The molecule has 3 nitrogen and oxygen atoms in total. The van der Waals surface area contributed by atoms with Gasteiger partial charge in [-0.2, -0.15) is 5.10 Å².